The Balaban J connectivity index is 1.79. The number of nitrogens with zero attached hydrogens (tertiary/aromatic N) is 3. The quantitative estimate of drug-likeness (QED) is 0.747. The smallest absolute Gasteiger partial charge is 0.285 e. The minimum Gasteiger partial charge on any atom is -0.378 e. The second-order valence-corrected chi connectivity index (χ2v) is 5.95. The lowest BCUT2D eigenvalue weighted by atomic mass is 10.2. The lowest BCUT2D eigenvalue weighted by Crippen LogP contribution is -2.12. The van der Waals surface area contributed by atoms with Gasteiger partial charge in [0.25, 0.3) is 5.56 Å². The number of nitrogens with one attached hydrogen (secondary N) is 2. The second kappa shape index (κ2) is 6.88. The molecule has 3 rings (SSSR count). The van der Waals surface area contributed by atoms with Crippen LogP contribution in [0.1, 0.15) is 22.5 Å². The fraction of sp³-hybridized carbons (Fsp3) is 0.235. The Hall–Kier alpha value is -2.60. The van der Waals surface area contributed by atoms with E-state index >= 15 is 0 Å². The Kier molecular flexibility index (Phi) is 4.66. The molecule has 0 unspecified atom stereocenters. The molecule has 24 heavy (non-hydrogen) atoms. The number of rotatable bonds is 5. The van der Waals surface area contributed by atoms with E-state index < -0.39 is 5.56 Å². The number of aryl methyl sites for hydroxylation is 1. The Labute approximate surface area is 144 Å². The van der Waals surface area contributed by atoms with E-state index in [4.69, 9.17) is 11.6 Å². The topological polar surface area (TPSA) is 75.6 Å². The molecule has 3 aromatic rings. The van der Waals surface area contributed by atoms with Crippen LogP contribution in [0.5, 0.6) is 0 Å². The van der Waals surface area contributed by atoms with E-state index in [0.29, 0.717) is 12.2 Å². The first kappa shape index (κ1) is 16.3. The molecule has 2 aromatic heterocycles. The summed E-state index contributed by atoms with van der Waals surface area (Å²) in [6.07, 6.45) is 1.50. The molecule has 7 heteroatoms. The monoisotopic (exact) mass is 343 g/mol. The summed E-state index contributed by atoms with van der Waals surface area (Å²) in [5.74, 6) is 0. The van der Waals surface area contributed by atoms with E-state index in [2.05, 4.69) is 32.7 Å². The highest BCUT2D eigenvalue weighted by Gasteiger charge is 2.13. The number of hydrogen-bond acceptors (Lipinski definition) is 4. The van der Waals surface area contributed by atoms with Gasteiger partial charge in [0.05, 0.1) is 24.1 Å². The second-order valence-electron chi connectivity index (χ2n) is 5.57. The third kappa shape index (κ3) is 3.33. The SMILES string of the molecule is Cc1nn(Cc2ccccc2)c(C)c1CNc1cn[nH]c(=O)c1Cl. The molecule has 2 heterocycles. The van der Waals surface area contributed by atoms with E-state index in [1.165, 1.54) is 11.8 Å². The van der Waals surface area contributed by atoms with Gasteiger partial charge >= 0.3 is 0 Å². The van der Waals surface area contributed by atoms with Crippen molar-refractivity contribution in [1.82, 2.24) is 20.0 Å². The van der Waals surface area contributed by atoms with Crippen molar-refractivity contribution in [2.24, 2.45) is 0 Å². The minimum atomic E-state index is -0.408. The van der Waals surface area contributed by atoms with Gasteiger partial charge in [-0.3, -0.25) is 9.48 Å². The highest BCUT2D eigenvalue weighted by Crippen LogP contribution is 2.19. The van der Waals surface area contributed by atoms with Gasteiger partial charge in [-0.1, -0.05) is 41.9 Å². The fourth-order valence-corrected chi connectivity index (χ4v) is 2.75. The number of aromatic nitrogens is 4. The first-order valence-electron chi connectivity index (χ1n) is 7.60. The van der Waals surface area contributed by atoms with Crippen LogP contribution in [0.2, 0.25) is 5.02 Å². The molecule has 0 aliphatic rings. The van der Waals surface area contributed by atoms with Crippen LogP contribution in [0.15, 0.2) is 41.3 Å². The zero-order valence-electron chi connectivity index (χ0n) is 13.5. The molecule has 0 amide bonds. The molecule has 0 saturated heterocycles. The molecular weight excluding hydrogens is 326 g/mol. The maximum absolute atomic E-state index is 11.5. The Morgan fingerprint density at radius 2 is 2.00 bits per heavy atom. The van der Waals surface area contributed by atoms with E-state index in [-0.39, 0.29) is 5.02 Å². The van der Waals surface area contributed by atoms with Crippen molar-refractivity contribution in [2.45, 2.75) is 26.9 Å². The van der Waals surface area contributed by atoms with Crippen LogP contribution in [-0.4, -0.2) is 20.0 Å². The summed E-state index contributed by atoms with van der Waals surface area (Å²) < 4.78 is 1.99. The van der Waals surface area contributed by atoms with Crippen molar-refractivity contribution < 1.29 is 0 Å². The average Bonchev–Trinajstić information content (AvgIpc) is 2.84. The molecule has 0 aliphatic carbocycles. The first-order chi connectivity index (χ1) is 11.6. The fourth-order valence-electron chi connectivity index (χ4n) is 2.59. The summed E-state index contributed by atoms with van der Waals surface area (Å²) in [5, 5.41) is 13.9. The largest absolute Gasteiger partial charge is 0.378 e. The molecule has 1 aromatic carbocycles. The zero-order valence-corrected chi connectivity index (χ0v) is 14.3. The summed E-state index contributed by atoms with van der Waals surface area (Å²) in [7, 11) is 0. The highest BCUT2D eigenvalue weighted by molar-refractivity contribution is 6.32. The van der Waals surface area contributed by atoms with Crippen LogP contribution < -0.4 is 10.9 Å². The maximum Gasteiger partial charge on any atom is 0.285 e. The lowest BCUT2D eigenvalue weighted by Gasteiger charge is -2.08. The molecular formula is C17H18ClN5O. The normalized spacial score (nSPS) is 10.8. The van der Waals surface area contributed by atoms with Gasteiger partial charge in [-0.25, -0.2) is 5.10 Å². The lowest BCUT2D eigenvalue weighted by molar-refractivity contribution is 0.658. The Bertz CT molecular complexity index is 901. The van der Waals surface area contributed by atoms with Crippen molar-refractivity contribution >= 4 is 17.3 Å². The van der Waals surface area contributed by atoms with Crippen molar-refractivity contribution in [3.63, 3.8) is 0 Å². The van der Waals surface area contributed by atoms with Crippen LogP contribution in [0.4, 0.5) is 5.69 Å². The summed E-state index contributed by atoms with van der Waals surface area (Å²) in [6, 6.07) is 10.2. The van der Waals surface area contributed by atoms with Gasteiger partial charge in [-0.2, -0.15) is 10.2 Å². The summed E-state index contributed by atoms with van der Waals surface area (Å²) in [4.78, 5) is 11.5. The zero-order chi connectivity index (χ0) is 17.1. The Morgan fingerprint density at radius 3 is 2.75 bits per heavy atom. The molecule has 0 bridgehead atoms. The molecule has 0 aliphatic heterocycles. The van der Waals surface area contributed by atoms with Gasteiger partial charge in [0.1, 0.15) is 5.02 Å². The van der Waals surface area contributed by atoms with Crippen LogP contribution in [0.3, 0.4) is 0 Å². The highest BCUT2D eigenvalue weighted by atomic mass is 35.5. The van der Waals surface area contributed by atoms with Gasteiger partial charge in [-0.05, 0) is 19.4 Å². The van der Waals surface area contributed by atoms with Gasteiger partial charge in [0, 0.05) is 17.8 Å². The van der Waals surface area contributed by atoms with E-state index in [9.17, 15) is 4.79 Å². The molecule has 0 saturated carbocycles. The van der Waals surface area contributed by atoms with E-state index in [1.54, 1.807) is 0 Å². The van der Waals surface area contributed by atoms with Crippen molar-refractivity contribution in [3.05, 3.63) is 74.4 Å². The van der Waals surface area contributed by atoms with Gasteiger partial charge in [-0.15, -0.1) is 0 Å². The molecule has 0 radical (unpaired) electrons. The number of H-pyrrole nitrogens is 1. The van der Waals surface area contributed by atoms with Crippen LogP contribution in [0, 0.1) is 13.8 Å². The summed E-state index contributed by atoms with van der Waals surface area (Å²) in [6.45, 7) is 5.26. The molecule has 0 fully saturated rings. The number of benzene rings is 1. The van der Waals surface area contributed by atoms with Crippen molar-refractivity contribution in [3.8, 4) is 0 Å². The van der Waals surface area contributed by atoms with Crippen molar-refractivity contribution in [2.75, 3.05) is 5.32 Å². The number of anilines is 1. The predicted molar refractivity (Wildman–Crippen MR) is 94.4 cm³/mol. The third-order valence-electron chi connectivity index (χ3n) is 3.96. The summed E-state index contributed by atoms with van der Waals surface area (Å²) >= 11 is 5.98. The average molecular weight is 344 g/mol. The predicted octanol–water partition coefficient (Wildman–Crippen LogP) is 2.90. The molecule has 0 spiro atoms. The minimum absolute atomic E-state index is 0.108. The van der Waals surface area contributed by atoms with Crippen LogP contribution in [0.25, 0.3) is 0 Å². The van der Waals surface area contributed by atoms with Crippen molar-refractivity contribution in [1.29, 1.82) is 0 Å². The standard InChI is InChI=1S/C17H18ClN5O/c1-11-14(8-19-15-9-20-21-17(24)16(15)18)12(2)23(22-11)10-13-6-4-3-5-7-13/h3-7,9H,8,10H2,1-2H3,(H2,19,21,24). The third-order valence-corrected chi connectivity index (χ3v) is 4.33. The molecule has 0 atom stereocenters. The molecule has 2 N–H and O–H groups in total. The Morgan fingerprint density at radius 1 is 1.25 bits per heavy atom. The van der Waals surface area contributed by atoms with Crippen LogP contribution in [-0.2, 0) is 13.1 Å². The van der Waals surface area contributed by atoms with Crippen LogP contribution >= 0.6 is 11.6 Å². The number of aromatic amines is 1. The van der Waals surface area contributed by atoms with Gasteiger partial charge in [0.15, 0.2) is 0 Å². The summed E-state index contributed by atoms with van der Waals surface area (Å²) in [5.41, 5.74) is 4.42. The molecule has 6 nitrogen and oxygen atoms in total. The van der Waals surface area contributed by atoms with E-state index in [0.717, 1.165) is 23.5 Å². The first-order valence-corrected chi connectivity index (χ1v) is 7.98. The van der Waals surface area contributed by atoms with E-state index in [1.807, 2.05) is 36.7 Å². The number of halogens is 1. The van der Waals surface area contributed by atoms with Gasteiger partial charge < -0.3 is 5.32 Å². The van der Waals surface area contributed by atoms with Gasteiger partial charge in [0.2, 0.25) is 0 Å². The number of hydrogen-bond donors (Lipinski definition) is 2. The molecule has 124 valence electrons. The maximum atomic E-state index is 11.5.